The van der Waals surface area contributed by atoms with Crippen molar-refractivity contribution in [1.82, 2.24) is 4.98 Å². The smallest absolute Gasteiger partial charge is 0.274 e. The summed E-state index contributed by atoms with van der Waals surface area (Å²) in [5.41, 5.74) is 0.938. The minimum atomic E-state index is -0.748. The van der Waals surface area contributed by atoms with Crippen molar-refractivity contribution in [3.05, 3.63) is 59.4 Å². The van der Waals surface area contributed by atoms with Crippen molar-refractivity contribution in [2.24, 2.45) is 0 Å². The fraction of sp³-hybridized carbons (Fsp3) is 0.0769. The number of aromatic nitrogens is 1. The van der Waals surface area contributed by atoms with E-state index in [4.69, 9.17) is 0 Å². The van der Waals surface area contributed by atoms with Crippen molar-refractivity contribution in [3.8, 4) is 0 Å². The summed E-state index contributed by atoms with van der Waals surface area (Å²) in [5.74, 6) is -2.01. The molecule has 0 aliphatic rings. The van der Waals surface area contributed by atoms with Gasteiger partial charge in [0.25, 0.3) is 5.91 Å². The molecule has 0 bridgehead atoms. The number of nitrogens with zero attached hydrogens (tertiary/aromatic N) is 1. The first-order chi connectivity index (χ1) is 8.54. The highest BCUT2D eigenvalue weighted by atomic mass is 19.1. The molecular weight excluding hydrogens is 238 g/mol. The van der Waals surface area contributed by atoms with Gasteiger partial charge < -0.3 is 5.32 Å². The maximum absolute atomic E-state index is 12.9. The van der Waals surface area contributed by atoms with Crippen LogP contribution in [0, 0.1) is 18.6 Å². The van der Waals surface area contributed by atoms with Crippen LogP contribution in [0.25, 0.3) is 0 Å². The third-order valence-corrected chi connectivity index (χ3v) is 2.24. The van der Waals surface area contributed by atoms with Crippen molar-refractivity contribution in [1.29, 1.82) is 0 Å². The van der Waals surface area contributed by atoms with Crippen molar-refractivity contribution in [2.75, 3.05) is 5.32 Å². The molecule has 0 aliphatic carbocycles. The molecular formula is C13H10F2N2O. The van der Waals surface area contributed by atoms with Crippen LogP contribution in [-0.2, 0) is 0 Å². The van der Waals surface area contributed by atoms with Gasteiger partial charge in [-0.25, -0.2) is 13.8 Å². The summed E-state index contributed by atoms with van der Waals surface area (Å²) in [6.07, 6.45) is 0. The van der Waals surface area contributed by atoms with Crippen LogP contribution in [0.4, 0.5) is 14.5 Å². The lowest BCUT2D eigenvalue weighted by Gasteiger charge is -2.05. The van der Waals surface area contributed by atoms with Gasteiger partial charge in [0.1, 0.15) is 17.3 Å². The minimum Gasteiger partial charge on any atom is -0.320 e. The van der Waals surface area contributed by atoms with E-state index in [1.54, 1.807) is 19.1 Å². The minimum absolute atomic E-state index is 0.0563. The normalized spacial score (nSPS) is 10.2. The maximum atomic E-state index is 12.9. The van der Waals surface area contributed by atoms with E-state index in [9.17, 15) is 13.6 Å². The lowest BCUT2D eigenvalue weighted by Crippen LogP contribution is -2.14. The fourth-order valence-corrected chi connectivity index (χ4v) is 1.49. The number of pyridine rings is 1. The quantitative estimate of drug-likeness (QED) is 0.887. The van der Waals surface area contributed by atoms with Gasteiger partial charge in [-0.3, -0.25) is 4.79 Å². The summed E-state index contributed by atoms with van der Waals surface area (Å²) in [5, 5.41) is 2.39. The topological polar surface area (TPSA) is 42.0 Å². The molecule has 0 radical (unpaired) electrons. The van der Waals surface area contributed by atoms with Gasteiger partial charge in [0.15, 0.2) is 0 Å². The molecule has 92 valence electrons. The predicted octanol–water partition coefficient (Wildman–Crippen LogP) is 2.92. The number of nitrogens with one attached hydrogen (secondary N) is 1. The Hall–Kier alpha value is -2.30. The summed E-state index contributed by atoms with van der Waals surface area (Å²) in [4.78, 5) is 15.8. The van der Waals surface area contributed by atoms with Gasteiger partial charge in [-0.1, -0.05) is 6.07 Å². The number of carbonyl (C=O) groups excluding carboxylic acids is 1. The molecule has 3 nitrogen and oxygen atoms in total. The Bertz CT molecular complexity index is 579. The molecule has 5 heteroatoms. The van der Waals surface area contributed by atoms with E-state index in [0.717, 1.165) is 18.2 Å². The molecule has 0 unspecified atom stereocenters. The number of halogens is 2. The Balaban J connectivity index is 2.21. The number of aryl methyl sites for hydroxylation is 1. The van der Waals surface area contributed by atoms with E-state index in [0.29, 0.717) is 5.69 Å². The molecule has 0 fully saturated rings. The van der Waals surface area contributed by atoms with E-state index in [1.807, 2.05) is 0 Å². The van der Waals surface area contributed by atoms with Crippen LogP contribution in [0.15, 0.2) is 36.4 Å². The second-order valence-corrected chi connectivity index (χ2v) is 3.78. The zero-order chi connectivity index (χ0) is 13.1. The Labute approximate surface area is 102 Å². The molecule has 2 aromatic rings. The first-order valence-electron chi connectivity index (χ1n) is 5.26. The number of rotatable bonds is 2. The number of carbonyl (C=O) groups is 1. The van der Waals surface area contributed by atoms with Gasteiger partial charge >= 0.3 is 0 Å². The van der Waals surface area contributed by atoms with Crippen molar-refractivity contribution < 1.29 is 13.6 Å². The van der Waals surface area contributed by atoms with Gasteiger partial charge in [0, 0.05) is 17.4 Å². The zero-order valence-corrected chi connectivity index (χ0v) is 9.58. The maximum Gasteiger partial charge on any atom is 0.274 e. The third-order valence-electron chi connectivity index (χ3n) is 2.24. The Morgan fingerprint density at radius 1 is 1.17 bits per heavy atom. The molecule has 1 amide bonds. The van der Waals surface area contributed by atoms with Crippen LogP contribution in [-0.4, -0.2) is 10.9 Å². The summed E-state index contributed by atoms with van der Waals surface area (Å²) in [7, 11) is 0. The number of amides is 1. The predicted molar refractivity (Wildman–Crippen MR) is 63.3 cm³/mol. The molecule has 1 aromatic heterocycles. The second kappa shape index (κ2) is 4.91. The molecule has 1 aromatic carbocycles. The van der Waals surface area contributed by atoms with Crippen molar-refractivity contribution in [3.63, 3.8) is 0 Å². The van der Waals surface area contributed by atoms with Gasteiger partial charge in [0.05, 0.1) is 0 Å². The Morgan fingerprint density at radius 2 is 1.83 bits per heavy atom. The molecule has 0 atom stereocenters. The summed E-state index contributed by atoms with van der Waals surface area (Å²) < 4.78 is 25.9. The molecule has 0 saturated heterocycles. The highest BCUT2D eigenvalue weighted by molar-refractivity contribution is 6.02. The molecule has 0 saturated carbocycles. The number of anilines is 1. The lowest BCUT2D eigenvalue weighted by atomic mass is 10.2. The summed E-state index contributed by atoms with van der Waals surface area (Å²) in [6.45, 7) is 1.75. The standard InChI is InChI=1S/C13H10F2N2O/c1-8-3-2-4-12(16-8)13(18)17-11-6-9(14)5-10(15)7-11/h2-7H,1H3,(H,17,18). The van der Waals surface area contributed by atoms with Crippen LogP contribution >= 0.6 is 0 Å². The van der Waals surface area contributed by atoms with Crippen molar-refractivity contribution >= 4 is 11.6 Å². The second-order valence-electron chi connectivity index (χ2n) is 3.78. The first kappa shape index (κ1) is 12.2. The lowest BCUT2D eigenvalue weighted by molar-refractivity contribution is 0.102. The Kier molecular flexibility index (Phi) is 3.32. The van der Waals surface area contributed by atoms with E-state index >= 15 is 0 Å². The molecule has 18 heavy (non-hydrogen) atoms. The van der Waals surface area contributed by atoms with Gasteiger partial charge in [-0.15, -0.1) is 0 Å². The number of hydrogen-bond donors (Lipinski definition) is 1. The Morgan fingerprint density at radius 3 is 2.44 bits per heavy atom. The fourth-order valence-electron chi connectivity index (χ4n) is 1.49. The average Bonchev–Trinajstić information content (AvgIpc) is 2.27. The van der Waals surface area contributed by atoms with E-state index in [-0.39, 0.29) is 11.4 Å². The van der Waals surface area contributed by atoms with Crippen molar-refractivity contribution in [2.45, 2.75) is 6.92 Å². The van der Waals surface area contributed by atoms with Gasteiger partial charge in [-0.05, 0) is 31.2 Å². The summed E-state index contributed by atoms with van der Waals surface area (Å²) in [6, 6.07) is 7.77. The molecule has 0 spiro atoms. The highest BCUT2D eigenvalue weighted by Crippen LogP contribution is 2.13. The van der Waals surface area contributed by atoms with Gasteiger partial charge in [0.2, 0.25) is 0 Å². The monoisotopic (exact) mass is 248 g/mol. The SMILES string of the molecule is Cc1cccc(C(=O)Nc2cc(F)cc(F)c2)n1. The van der Waals surface area contributed by atoms with Crippen LogP contribution in [0.5, 0.6) is 0 Å². The number of benzene rings is 1. The molecule has 0 aliphatic heterocycles. The molecule has 1 N–H and O–H groups in total. The van der Waals surface area contributed by atoms with Gasteiger partial charge in [-0.2, -0.15) is 0 Å². The van der Waals surface area contributed by atoms with Crippen LogP contribution < -0.4 is 5.32 Å². The van der Waals surface area contributed by atoms with Crippen LogP contribution in [0.3, 0.4) is 0 Å². The number of hydrogen-bond acceptors (Lipinski definition) is 2. The van der Waals surface area contributed by atoms with Crippen LogP contribution in [0.2, 0.25) is 0 Å². The molecule has 1 heterocycles. The average molecular weight is 248 g/mol. The first-order valence-corrected chi connectivity index (χ1v) is 5.26. The largest absolute Gasteiger partial charge is 0.320 e. The van der Waals surface area contributed by atoms with E-state index in [2.05, 4.69) is 10.3 Å². The highest BCUT2D eigenvalue weighted by Gasteiger charge is 2.09. The van der Waals surface area contributed by atoms with Crippen LogP contribution in [0.1, 0.15) is 16.2 Å². The zero-order valence-electron chi connectivity index (χ0n) is 9.58. The van der Waals surface area contributed by atoms with E-state index < -0.39 is 17.5 Å². The molecule has 2 rings (SSSR count). The van der Waals surface area contributed by atoms with E-state index in [1.165, 1.54) is 6.07 Å². The summed E-state index contributed by atoms with van der Waals surface area (Å²) >= 11 is 0. The third kappa shape index (κ3) is 2.88.